The molecular weight excluding hydrogens is 250 g/mol. The van der Waals surface area contributed by atoms with E-state index >= 15 is 0 Å². The lowest BCUT2D eigenvalue weighted by atomic mass is 10.1. The molecule has 0 aliphatic rings. The van der Waals surface area contributed by atoms with Crippen LogP contribution in [0, 0.1) is 21.4 Å². The second-order valence-electron chi connectivity index (χ2n) is 2.53. The van der Waals surface area contributed by atoms with E-state index < -0.39 is 4.92 Å². The Kier molecular flexibility index (Phi) is 3.17. The lowest BCUT2D eigenvalue weighted by Crippen LogP contribution is -2.01. The fraction of sp³-hybridized carbons (Fsp3) is 0.125. The minimum Gasteiger partial charge on any atom is -0.326 e. The Morgan fingerprint density at radius 1 is 1.64 bits per heavy atom. The maximum atomic E-state index is 10.5. The number of nitrogens with zero attached hydrogens (tertiary/aromatic N) is 2. The summed E-state index contributed by atoms with van der Waals surface area (Å²) >= 11 is 3.08. The first-order valence-electron chi connectivity index (χ1n) is 3.67. The molecule has 0 spiro atoms. The van der Waals surface area contributed by atoms with E-state index in [1.54, 1.807) is 0 Å². The van der Waals surface area contributed by atoms with Crippen LogP contribution in [0.1, 0.15) is 11.1 Å². The zero-order valence-corrected chi connectivity index (χ0v) is 8.61. The Morgan fingerprint density at radius 2 is 2.29 bits per heavy atom. The van der Waals surface area contributed by atoms with Crippen LogP contribution in [0.4, 0.5) is 5.69 Å². The standard InChI is InChI=1S/C8H6BrN3O2/c9-8-2-6(12(13)14)1-5(3-10)7(8)4-11/h1-2H,3,10H2. The van der Waals surface area contributed by atoms with Crippen molar-refractivity contribution in [1.82, 2.24) is 0 Å². The minimum atomic E-state index is -0.523. The third kappa shape index (κ3) is 1.89. The van der Waals surface area contributed by atoms with Crippen LogP contribution < -0.4 is 5.73 Å². The Morgan fingerprint density at radius 3 is 2.71 bits per heavy atom. The molecule has 0 saturated carbocycles. The highest BCUT2D eigenvalue weighted by Crippen LogP contribution is 2.26. The molecule has 5 nitrogen and oxygen atoms in total. The Hall–Kier alpha value is -1.45. The molecule has 0 aliphatic carbocycles. The van der Waals surface area contributed by atoms with Gasteiger partial charge in [0.2, 0.25) is 0 Å². The van der Waals surface area contributed by atoms with Gasteiger partial charge in [-0.3, -0.25) is 10.1 Å². The van der Waals surface area contributed by atoms with Gasteiger partial charge >= 0.3 is 0 Å². The first-order chi connectivity index (χ1) is 6.60. The molecule has 0 unspecified atom stereocenters. The predicted molar refractivity (Wildman–Crippen MR) is 53.4 cm³/mol. The van der Waals surface area contributed by atoms with Crippen molar-refractivity contribution in [3.05, 3.63) is 37.8 Å². The second-order valence-corrected chi connectivity index (χ2v) is 3.39. The van der Waals surface area contributed by atoms with E-state index in [4.69, 9.17) is 11.0 Å². The Bertz CT molecular complexity index is 425. The largest absolute Gasteiger partial charge is 0.326 e. The molecule has 0 bridgehead atoms. The summed E-state index contributed by atoms with van der Waals surface area (Å²) in [5.41, 5.74) is 6.11. The summed E-state index contributed by atoms with van der Waals surface area (Å²) in [7, 11) is 0. The van der Waals surface area contributed by atoms with E-state index in [0.29, 0.717) is 15.6 Å². The number of rotatable bonds is 2. The van der Waals surface area contributed by atoms with Crippen LogP contribution in [0.3, 0.4) is 0 Å². The van der Waals surface area contributed by atoms with Gasteiger partial charge in [0.15, 0.2) is 0 Å². The lowest BCUT2D eigenvalue weighted by Gasteiger charge is -2.02. The van der Waals surface area contributed by atoms with Crippen molar-refractivity contribution >= 4 is 21.6 Å². The first-order valence-corrected chi connectivity index (χ1v) is 4.46. The van der Waals surface area contributed by atoms with Crippen molar-refractivity contribution in [2.24, 2.45) is 5.73 Å². The summed E-state index contributed by atoms with van der Waals surface area (Å²) in [6.07, 6.45) is 0. The van der Waals surface area contributed by atoms with Gasteiger partial charge in [0, 0.05) is 23.2 Å². The van der Waals surface area contributed by atoms with E-state index in [1.807, 2.05) is 6.07 Å². The highest BCUT2D eigenvalue weighted by atomic mass is 79.9. The van der Waals surface area contributed by atoms with Gasteiger partial charge in [0.05, 0.1) is 10.5 Å². The molecule has 6 heteroatoms. The number of hydrogen-bond acceptors (Lipinski definition) is 4. The molecule has 2 N–H and O–H groups in total. The number of nitriles is 1. The number of hydrogen-bond donors (Lipinski definition) is 1. The van der Waals surface area contributed by atoms with E-state index in [0.717, 1.165) is 0 Å². The van der Waals surface area contributed by atoms with Crippen LogP contribution in [0.5, 0.6) is 0 Å². The molecule has 14 heavy (non-hydrogen) atoms. The third-order valence-electron chi connectivity index (χ3n) is 1.70. The molecular formula is C8H6BrN3O2. The van der Waals surface area contributed by atoms with Gasteiger partial charge in [-0.05, 0) is 21.5 Å². The molecule has 0 amide bonds. The number of benzene rings is 1. The summed E-state index contributed by atoms with van der Waals surface area (Å²) < 4.78 is 0.398. The molecule has 0 heterocycles. The molecule has 1 aromatic rings. The Balaban J connectivity index is 3.40. The topological polar surface area (TPSA) is 92.9 Å². The van der Waals surface area contributed by atoms with Crippen LogP contribution in [-0.4, -0.2) is 4.92 Å². The maximum absolute atomic E-state index is 10.5. The molecule has 1 rings (SSSR count). The number of nitrogens with two attached hydrogens (primary N) is 1. The molecule has 72 valence electrons. The zero-order chi connectivity index (χ0) is 10.7. The summed E-state index contributed by atoms with van der Waals surface area (Å²) in [6, 6.07) is 4.53. The molecule has 1 aromatic carbocycles. The fourth-order valence-corrected chi connectivity index (χ4v) is 1.62. The van der Waals surface area contributed by atoms with Crippen LogP contribution in [0.15, 0.2) is 16.6 Å². The van der Waals surface area contributed by atoms with E-state index in [-0.39, 0.29) is 12.2 Å². The smallest absolute Gasteiger partial charge is 0.270 e. The monoisotopic (exact) mass is 255 g/mol. The van der Waals surface area contributed by atoms with Crippen molar-refractivity contribution < 1.29 is 4.92 Å². The van der Waals surface area contributed by atoms with Crippen LogP contribution in [-0.2, 0) is 6.54 Å². The minimum absolute atomic E-state index is 0.0728. The van der Waals surface area contributed by atoms with Crippen LogP contribution in [0.2, 0.25) is 0 Å². The fourth-order valence-electron chi connectivity index (χ4n) is 1.04. The second kappa shape index (κ2) is 4.17. The molecule has 0 aromatic heterocycles. The molecule has 0 saturated heterocycles. The summed E-state index contributed by atoms with van der Waals surface area (Å²) in [5.74, 6) is 0. The maximum Gasteiger partial charge on any atom is 0.270 e. The van der Waals surface area contributed by atoms with Gasteiger partial charge in [-0.15, -0.1) is 0 Å². The highest BCUT2D eigenvalue weighted by Gasteiger charge is 2.13. The quantitative estimate of drug-likeness (QED) is 0.643. The number of nitro benzene ring substituents is 1. The average molecular weight is 256 g/mol. The van der Waals surface area contributed by atoms with E-state index in [9.17, 15) is 10.1 Å². The van der Waals surface area contributed by atoms with Crippen LogP contribution >= 0.6 is 15.9 Å². The average Bonchev–Trinajstić information content (AvgIpc) is 2.16. The van der Waals surface area contributed by atoms with Crippen LogP contribution in [0.25, 0.3) is 0 Å². The van der Waals surface area contributed by atoms with Crippen molar-refractivity contribution in [2.45, 2.75) is 6.54 Å². The zero-order valence-electron chi connectivity index (χ0n) is 7.03. The van der Waals surface area contributed by atoms with E-state index in [1.165, 1.54) is 12.1 Å². The normalized spacial score (nSPS) is 9.50. The summed E-state index contributed by atoms with van der Waals surface area (Å²) in [4.78, 5) is 9.96. The van der Waals surface area contributed by atoms with Gasteiger partial charge < -0.3 is 5.73 Å². The van der Waals surface area contributed by atoms with Gasteiger partial charge in [-0.1, -0.05) is 0 Å². The summed E-state index contributed by atoms with van der Waals surface area (Å²) in [6.45, 7) is 0.100. The number of halogens is 1. The highest BCUT2D eigenvalue weighted by molar-refractivity contribution is 9.10. The van der Waals surface area contributed by atoms with Gasteiger partial charge in [-0.25, -0.2) is 0 Å². The number of non-ortho nitro benzene ring substituents is 1. The van der Waals surface area contributed by atoms with Crippen molar-refractivity contribution in [3.63, 3.8) is 0 Å². The lowest BCUT2D eigenvalue weighted by molar-refractivity contribution is -0.385. The molecule has 0 atom stereocenters. The summed E-state index contributed by atoms with van der Waals surface area (Å²) in [5, 5.41) is 19.2. The van der Waals surface area contributed by atoms with Crippen molar-refractivity contribution in [3.8, 4) is 6.07 Å². The van der Waals surface area contributed by atoms with Crippen molar-refractivity contribution in [2.75, 3.05) is 0 Å². The van der Waals surface area contributed by atoms with E-state index in [2.05, 4.69) is 15.9 Å². The first kappa shape index (κ1) is 10.6. The SMILES string of the molecule is N#Cc1c(Br)cc([N+](=O)[O-])cc1CN. The van der Waals surface area contributed by atoms with Gasteiger partial charge in [0.25, 0.3) is 5.69 Å². The van der Waals surface area contributed by atoms with Gasteiger partial charge in [-0.2, -0.15) is 5.26 Å². The molecule has 0 fully saturated rings. The van der Waals surface area contributed by atoms with Gasteiger partial charge in [0.1, 0.15) is 6.07 Å². The molecule has 0 aliphatic heterocycles. The Labute approximate surface area is 88.4 Å². The van der Waals surface area contributed by atoms with Crippen molar-refractivity contribution in [1.29, 1.82) is 5.26 Å². The molecule has 0 radical (unpaired) electrons. The number of nitro groups is 1. The third-order valence-corrected chi connectivity index (χ3v) is 2.32. The predicted octanol–water partition coefficient (Wildman–Crippen LogP) is 1.69.